The van der Waals surface area contributed by atoms with E-state index in [1.165, 1.54) is 0 Å². The molecule has 1 aromatic rings. The van der Waals surface area contributed by atoms with Crippen LogP contribution in [-0.2, 0) is 4.79 Å². The first-order valence-electron chi connectivity index (χ1n) is 7.34. The highest BCUT2D eigenvalue weighted by Crippen LogP contribution is 2.17. The van der Waals surface area contributed by atoms with E-state index in [1.807, 2.05) is 19.1 Å². The van der Waals surface area contributed by atoms with Crippen LogP contribution in [0.3, 0.4) is 0 Å². The van der Waals surface area contributed by atoms with E-state index >= 15 is 0 Å². The highest BCUT2D eigenvalue weighted by molar-refractivity contribution is 5.91. The molecule has 0 aliphatic carbocycles. The maximum Gasteiger partial charge on any atom is 0.224 e. The number of carbonyl (C=O) groups is 1. The lowest BCUT2D eigenvalue weighted by atomic mass is 10.1. The molecule has 0 aliphatic heterocycles. The van der Waals surface area contributed by atoms with Crippen molar-refractivity contribution in [1.82, 2.24) is 4.90 Å². The van der Waals surface area contributed by atoms with Gasteiger partial charge in [-0.25, -0.2) is 0 Å². The van der Waals surface area contributed by atoms with Crippen LogP contribution in [0.2, 0.25) is 0 Å². The van der Waals surface area contributed by atoms with Crippen molar-refractivity contribution in [3.63, 3.8) is 0 Å². The molecule has 1 rings (SSSR count). The predicted octanol–water partition coefficient (Wildman–Crippen LogP) is 3.03. The summed E-state index contributed by atoms with van der Waals surface area (Å²) in [6.45, 7) is 10.4. The first kappa shape index (κ1) is 16.5. The summed E-state index contributed by atoms with van der Waals surface area (Å²) in [5, 5.41) is 2.95. The Morgan fingerprint density at radius 2 is 2.10 bits per heavy atom. The number of nitrogen functional groups attached to an aromatic ring is 1. The third kappa shape index (κ3) is 5.21. The van der Waals surface area contributed by atoms with E-state index in [0.29, 0.717) is 12.5 Å². The van der Waals surface area contributed by atoms with E-state index in [-0.39, 0.29) is 5.91 Å². The highest BCUT2D eigenvalue weighted by atomic mass is 16.1. The number of carbonyl (C=O) groups excluding carboxylic acids is 1. The number of nitrogens with two attached hydrogens (primary N) is 1. The van der Waals surface area contributed by atoms with Crippen LogP contribution in [0, 0.1) is 6.92 Å². The molecule has 0 bridgehead atoms. The van der Waals surface area contributed by atoms with Gasteiger partial charge in [0.2, 0.25) is 5.91 Å². The van der Waals surface area contributed by atoms with Crippen LogP contribution in [0.5, 0.6) is 0 Å². The first-order valence-corrected chi connectivity index (χ1v) is 7.34. The Labute approximate surface area is 122 Å². The molecule has 112 valence electrons. The number of hydrogen-bond donors (Lipinski definition) is 2. The third-order valence-electron chi connectivity index (χ3n) is 3.51. The maximum absolute atomic E-state index is 11.9. The summed E-state index contributed by atoms with van der Waals surface area (Å²) in [7, 11) is 0. The molecule has 0 fully saturated rings. The van der Waals surface area contributed by atoms with Gasteiger partial charge in [0.05, 0.1) is 0 Å². The van der Waals surface area contributed by atoms with Crippen molar-refractivity contribution < 1.29 is 4.79 Å². The molecule has 0 saturated heterocycles. The molecule has 3 N–H and O–H groups in total. The topological polar surface area (TPSA) is 58.4 Å². The molecular formula is C16H27N3O. The average Bonchev–Trinajstić information content (AvgIpc) is 2.37. The van der Waals surface area contributed by atoms with E-state index in [1.54, 1.807) is 6.07 Å². The van der Waals surface area contributed by atoms with Crippen molar-refractivity contribution in [2.75, 3.05) is 24.1 Å². The number of nitrogens with zero attached hydrogens (tertiary/aromatic N) is 1. The van der Waals surface area contributed by atoms with E-state index in [0.717, 1.165) is 36.4 Å². The van der Waals surface area contributed by atoms with E-state index in [9.17, 15) is 4.79 Å². The van der Waals surface area contributed by atoms with E-state index in [2.05, 4.69) is 31.0 Å². The number of nitrogens with one attached hydrogen (secondary N) is 1. The Bertz CT molecular complexity index is 443. The molecule has 0 radical (unpaired) electrons. The monoisotopic (exact) mass is 277 g/mol. The first-order chi connectivity index (χ1) is 9.43. The fraction of sp³-hybridized carbons (Fsp3) is 0.562. The molecule has 0 saturated carbocycles. The van der Waals surface area contributed by atoms with Gasteiger partial charge in [0, 0.05) is 23.8 Å². The van der Waals surface area contributed by atoms with Crippen LogP contribution in [0.25, 0.3) is 0 Å². The Hall–Kier alpha value is -1.55. The summed E-state index contributed by atoms with van der Waals surface area (Å²) >= 11 is 0. The zero-order valence-electron chi connectivity index (χ0n) is 13.1. The maximum atomic E-state index is 11.9. The lowest BCUT2D eigenvalue weighted by molar-refractivity contribution is -0.116. The molecule has 0 aliphatic rings. The van der Waals surface area contributed by atoms with Crippen molar-refractivity contribution >= 4 is 17.3 Å². The second-order valence-corrected chi connectivity index (χ2v) is 5.45. The predicted molar refractivity (Wildman–Crippen MR) is 85.8 cm³/mol. The fourth-order valence-electron chi connectivity index (χ4n) is 2.26. The molecule has 20 heavy (non-hydrogen) atoms. The van der Waals surface area contributed by atoms with E-state index < -0.39 is 0 Å². The molecule has 0 spiro atoms. The van der Waals surface area contributed by atoms with Crippen LogP contribution in [0.4, 0.5) is 11.4 Å². The minimum atomic E-state index is 0.0673. The number of amides is 1. The summed E-state index contributed by atoms with van der Waals surface area (Å²) in [5.74, 6) is 0.0673. The zero-order valence-corrected chi connectivity index (χ0v) is 13.1. The molecule has 4 nitrogen and oxygen atoms in total. The van der Waals surface area contributed by atoms with Gasteiger partial charge in [0.1, 0.15) is 0 Å². The van der Waals surface area contributed by atoms with Crippen molar-refractivity contribution in [3.8, 4) is 0 Å². The summed E-state index contributed by atoms with van der Waals surface area (Å²) in [5.41, 5.74) is 8.26. The summed E-state index contributed by atoms with van der Waals surface area (Å²) < 4.78 is 0. The summed E-state index contributed by atoms with van der Waals surface area (Å²) in [4.78, 5) is 14.3. The lowest BCUT2D eigenvalue weighted by Crippen LogP contribution is -2.32. The smallest absolute Gasteiger partial charge is 0.224 e. The van der Waals surface area contributed by atoms with Crippen molar-refractivity contribution in [2.45, 2.75) is 46.6 Å². The van der Waals surface area contributed by atoms with Gasteiger partial charge in [-0.3, -0.25) is 4.79 Å². The highest BCUT2D eigenvalue weighted by Gasteiger charge is 2.09. The van der Waals surface area contributed by atoms with Crippen LogP contribution >= 0.6 is 0 Å². The quantitative estimate of drug-likeness (QED) is 0.753. The second-order valence-electron chi connectivity index (χ2n) is 5.45. The largest absolute Gasteiger partial charge is 0.399 e. The van der Waals surface area contributed by atoms with E-state index in [4.69, 9.17) is 5.73 Å². The lowest BCUT2D eigenvalue weighted by Gasteiger charge is -2.24. The number of benzene rings is 1. The number of anilines is 2. The Morgan fingerprint density at radius 3 is 2.65 bits per heavy atom. The second kappa shape index (κ2) is 7.90. The van der Waals surface area contributed by atoms with Gasteiger partial charge < -0.3 is 16.0 Å². The van der Waals surface area contributed by atoms with Crippen LogP contribution in [0.1, 0.15) is 39.2 Å². The van der Waals surface area contributed by atoms with Gasteiger partial charge in [-0.15, -0.1) is 0 Å². The molecule has 0 aromatic heterocycles. The van der Waals surface area contributed by atoms with Crippen LogP contribution < -0.4 is 11.1 Å². The summed E-state index contributed by atoms with van der Waals surface area (Å²) in [6.07, 6.45) is 1.43. The van der Waals surface area contributed by atoms with Crippen LogP contribution in [-0.4, -0.2) is 29.9 Å². The van der Waals surface area contributed by atoms with Crippen molar-refractivity contribution in [1.29, 1.82) is 0 Å². The molecule has 0 atom stereocenters. The van der Waals surface area contributed by atoms with Gasteiger partial charge in [-0.2, -0.15) is 0 Å². The molecule has 1 amide bonds. The standard InChI is InChI=1S/C16H27N3O/c1-5-19(12(2)3)10-6-7-16(20)18-15-9-8-14(17)11-13(15)4/h8-9,11-12H,5-7,10,17H2,1-4H3,(H,18,20). The average molecular weight is 277 g/mol. The number of aryl methyl sites for hydroxylation is 1. The molecule has 0 heterocycles. The Kier molecular flexibility index (Phi) is 6.52. The fourth-order valence-corrected chi connectivity index (χ4v) is 2.26. The van der Waals surface area contributed by atoms with Crippen molar-refractivity contribution in [3.05, 3.63) is 23.8 Å². The minimum absolute atomic E-state index is 0.0673. The normalized spacial score (nSPS) is 11.1. The van der Waals surface area contributed by atoms with Crippen LogP contribution in [0.15, 0.2) is 18.2 Å². The molecular weight excluding hydrogens is 250 g/mol. The van der Waals surface area contributed by atoms with Gasteiger partial charge >= 0.3 is 0 Å². The molecule has 4 heteroatoms. The molecule has 1 aromatic carbocycles. The summed E-state index contributed by atoms with van der Waals surface area (Å²) in [6, 6.07) is 6.06. The third-order valence-corrected chi connectivity index (χ3v) is 3.51. The molecule has 0 unspecified atom stereocenters. The van der Waals surface area contributed by atoms with Gasteiger partial charge in [-0.05, 0) is 64.0 Å². The van der Waals surface area contributed by atoms with Gasteiger partial charge in [-0.1, -0.05) is 6.92 Å². The minimum Gasteiger partial charge on any atom is -0.399 e. The van der Waals surface area contributed by atoms with Crippen molar-refractivity contribution in [2.24, 2.45) is 0 Å². The number of hydrogen-bond acceptors (Lipinski definition) is 3. The van der Waals surface area contributed by atoms with Gasteiger partial charge in [0.25, 0.3) is 0 Å². The Morgan fingerprint density at radius 1 is 1.40 bits per heavy atom. The van der Waals surface area contributed by atoms with Gasteiger partial charge in [0.15, 0.2) is 0 Å². The SMILES string of the molecule is CCN(CCCC(=O)Nc1ccc(N)cc1C)C(C)C. The zero-order chi connectivity index (χ0) is 15.1. The Balaban J connectivity index is 2.40. The number of rotatable bonds is 7.